The van der Waals surface area contributed by atoms with Crippen molar-refractivity contribution in [3.8, 4) is 0 Å². The van der Waals surface area contributed by atoms with Crippen LogP contribution in [0.15, 0.2) is 29.3 Å². The lowest BCUT2D eigenvalue weighted by Gasteiger charge is -2.33. The van der Waals surface area contributed by atoms with Crippen LogP contribution >= 0.6 is 24.0 Å². The zero-order chi connectivity index (χ0) is 19.9. The molecule has 1 aromatic carbocycles. The normalized spacial score (nSPS) is 15.6. The van der Waals surface area contributed by atoms with Gasteiger partial charge in [-0.05, 0) is 52.0 Å². The second-order valence-electron chi connectivity index (χ2n) is 8.21. The van der Waals surface area contributed by atoms with E-state index in [1.807, 2.05) is 25.7 Å². The number of carbonyl (C=O) groups excluding carboxylic acids is 1. The van der Waals surface area contributed by atoms with Crippen molar-refractivity contribution in [3.05, 3.63) is 35.4 Å². The molecular formula is C21H35IN4O2. The predicted molar refractivity (Wildman–Crippen MR) is 125 cm³/mol. The Bertz CT molecular complexity index is 650. The van der Waals surface area contributed by atoms with E-state index in [1.54, 1.807) is 7.05 Å². The van der Waals surface area contributed by atoms with Crippen LogP contribution in [0, 0.1) is 12.8 Å². The number of rotatable bonds is 4. The van der Waals surface area contributed by atoms with Gasteiger partial charge >= 0.3 is 6.09 Å². The fraction of sp³-hybridized carbons (Fsp3) is 0.619. The summed E-state index contributed by atoms with van der Waals surface area (Å²) in [5.74, 6) is 1.34. The molecule has 1 aromatic rings. The molecule has 1 aliphatic rings. The molecular weight excluding hydrogens is 467 g/mol. The highest BCUT2D eigenvalue weighted by Crippen LogP contribution is 2.19. The number of nitrogens with one attached hydrogen (secondary N) is 2. The van der Waals surface area contributed by atoms with E-state index in [-0.39, 0.29) is 30.1 Å². The van der Waals surface area contributed by atoms with Crippen LogP contribution in [0.1, 0.15) is 44.7 Å². The fourth-order valence-corrected chi connectivity index (χ4v) is 3.12. The molecule has 1 saturated heterocycles. The minimum atomic E-state index is -0.440. The van der Waals surface area contributed by atoms with Gasteiger partial charge in [-0.25, -0.2) is 4.79 Å². The lowest BCUT2D eigenvalue weighted by molar-refractivity contribution is 0.0185. The van der Waals surface area contributed by atoms with Gasteiger partial charge in [0, 0.05) is 33.2 Å². The number of guanidine groups is 1. The molecule has 1 fully saturated rings. The number of ether oxygens (including phenoxy) is 1. The number of amides is 1. The number of piperidine rings is 1. The first kappa shape index (κ1) is 24.5. The molecule has 0 saturated carbocycles. The van der Waals surface area contributed by atoms with Crippen molar-refractivity contribution in [2.45, 2.75) is 52.7 Å². The molecule has 0 aliphatic carbocycles. The molecule has 0 radical (unpaired) electrons. The van der Waals surface area contributed by atoms with E-state index in [0.29, 0.717) is 5.92 Å². The van der Waals surface area contributed by atoms with Gasteiger partial charge in [-0.3, -0.25) is 4.99 Å². The SMILES string of the molecule is CN=C(NCc1cccc(C)c1)NCC1CCN(C(=O)OC(C)(C)C)CC1.I. The Hall–Kier alpha value is -1.51. The number of hydrogen-bond acceptors (Lipinski definition) is 3. The summed E-state index contributed by atoms with van der Waals surface area (Å²) in [6.45, 7) is 10.9. The van der Waals surface area contributed by atoms with Crippen LogP contribution in [0.2, 0.25) is 0 Å². The molecule has 158 valence electrons. The third-order valence-electron chi connectivity index (χ3n) is 4.59. The quantitative estimate of drug-likeness (QED) is 0.372. The zero-order valence-electron chi connectivity index (χ0n) is 17.7. The van der Waals surface area contributed by atoms with E-state index in [1.165, 1.54) is 11.1 Å². The van der Waals surface area contributed by atoms with Gasteiger partial charge in [0.2, 0.25) is 0 Å². The summed E-state index contributed by atoms with van der Waals surface area (Å²) < 4.78 is 5.45. The first-order chi connectivity index (χ1) is 12.8. The second-order valence-corrected chi connectivity index (χ2v) is 8.21. The third-order valence-corrected chi connectivity index (χ3v) is 4.59. The van der Waals surface area contributed by atoms with E-state index in [9.17, 15) is 4.79 Å². The van der Waals surface area contributed by atoms with Crippen LogP contribution in [-0.4, -0.2) is 49.2 Å². The van der Waals surface area contributed by atoms with Crippen molar-refractivity contribution in [1.82, 2.24) is 15.5 Å². The monoisotopic (exact) mass is 502 g/mol. The summed E-state index contributed by atoms with van der Waals surface area (Å²) in [5.41, 5.74) is 2.06. The molecule has 2 rings (SSSR count). The number of nitrogens with zero attached hydrogens (tertiary/aromatic N) is 2. The Balaban J connectivity index is 0.00000392. The predicted octanol–water partition coefficient (Wildman–Crippen LogP) is 3.93. The topological polar surface area (TPSA) is 66.0 Å². The molecule has 1 amide bonds. The average molecular weight is 502 g/mol. The molecule has 0 unspecified atom stereocenters. The van der Waals surface area contributed by atoms with Crippen LogP contribution < -0.4 is 10.6 Å². The Kier molecular flexibility index (Phi) is 10.1. The number of carbonyl (C=O) groups is 1. The van der Waals surface area contributed by atoms with Crippen LogP contribution in [0.5, 0.6) is 0 Å². The van der Waals surface area contributed by atoms with Crippen molar-refractivity contribution in [2.24, 2.45) is 10.9 Å². The van der Waals surface area contributed by atoms with Gasteiger partial charge in [0.1, 0.15) is 5.60 Å². The zero-order valence-corrected chi connectivity index (χ0v) is 20.1. The Morgan fingerprint density at radius 1 is 1.25 bits per heavy atom. The maximum atomic E-state index is 12.1. The van der Waals surface area contributed by atoms with E-state index < -0.39 is 5.60 Å². The largest absolute Gasteiger partial charge is 0.444 e. The van der Waals surface area contributed by atoms with Crippen LogP contribution in [0.4, 0.5) is 4.79 Å². The number of benzene rings is 1. The first-order valence-electron chi connectivity index (χ1n) is 9.75. The molecule has 28 heavy (non-hydrogen) atoms. The maximum Gasteiger partial charge on any atom is 0.410 e. The summed E-state index contributed by atoms with van der Waals surface area (Å²) >= 11 is 0. The summed E-state index contributed by atoms with van der Waals surface area (Å²) in [6.07, 6.45) is 1.74. The summed E-state index contributed by atoms with van der Waals surface area (Å²) in [7, 11) is 1.79. The van der Waals surface area contributed by atoms with Gasteiger partial charge < -0.3 is 20.3 Å². The van der Waals surface area contributed by atoms with E-state index in [4.69, 9.17) is 4.74 Å². The summed E-state index contributed by atoms with van der Waals surface area (Å²) in [4.78, 5) is 18.3. The van der Waals surface area contributed by atoms with Crippen molar-refractivity contribution in [3.63, 3.8) is 0 Å². The van der Waals surface area contributed by atoms with Crippen molar-refractivity contribution >= 4 is 36.0 Å². The summed E-state index contributed by atoms with van der Waals surface area (Å²) in [5, 5.41) is 6.77. The Morgan fingerprint density at radius 3 is 2.50 bits per heavy atom. The number of aliphatic imine (C=N–C) groups is 1. The molecule has 1 heterocycles. The number of aryl methyl sites for hydroxylation is 1. The molecule has 0 bridgehead atoms. The van der Waals surface area contributed by atoms with Crippen molar-refractivity contribution < 1.29 is 9.53 Å². The lowest BCUT2D eigenvalue weighted by Crippen LogP contribution is -2.45. The van der Waals surface area contributed by atoms with Crippen LogP contribution in [-0.2, 0) is 11.3 Å². The van der Waals surface area contributed by atoms with Gasteiger partial charge in [-0.15, -0.1) is 24.0 Å². The highest BCUT2D eigenvalue weighted by atomic mass is 127. The van der Waals surface area contributed by atoms with Gasteiger partial charge in [0.05, 0.1) is 0 Å². The van der Waals surface area contributed by atoms with Gasteiger partial charge in [0.15, 0.2) is 5.96 Å². The smallest absolute Gasteiger partial charge is 0.410 e. The molecule has 6 nitrogen and oxygen atoms in total. The van der Waals surface area contributed by atoms with E-state index in [2.05, 4.69) is 46.8 Å². The third kappa shape index (κ3) is 8.67. The van der Waals surface area contributed by atoms with Crippen LogP contribution in [0.25, 0.3) is 0 Å². The summed E-state index contributed by atoms with van der Waals surface area (Å²) in [6, 6.07) is 8.45. The average Bonchev–Trinajstić information content (AvgIpc) is 2.61. The first-order valence-corrected chi connectivity index (χ1v) is 9.75. The molecule has 0 spiro atoms. The van der Waals surface area contributed by atoms with Crippen LogP contribution in [0.3, 0.4) is 0 Å². The van der Waals surface area contributed by atoms with E-state index >= 15 is 0 Å². The standard InChI is InChI=1S/C21H34N4O2.HI/c1-16-7-6-8-18(13-16)15-24-19(22-5)23-14-17-9-11-25(12-10-17)20(26)27-21(2,3)4;/h6-8,13,17H,9-12,14-15H2,1-5H3,(H2,22,23,24);1H. The number of likely N-dealkylation sites (tertiary alicyclic amines) is 1. The number of halogens is 1. The fourth-order valence-electron chi connectivity index (χ4n) is 3.12. The number of hydrogen-bond donors (Lipinski definition) is 2. The highest BCUT2D eigenvalue weighted by molar-refractivity contribution is 14.0. The molecule has 2 N–H and O–H groups in total. The molecule has 7 heteroatoms. The maximum absolute atomic E-state index is 12.1. The second kappa shape index (κ2) is 11.5. The van der Waals surface area contributed by atoms with Gasteiger partial charge in [-0.1, -0.05) is 29.8 Å². The van der Waals surface area contributed by atoms with Gasteiger partial charge in [-0.2, -0.15) is 0 Å². The molecule has 1 aliphatic heterocycles. The Labute approximate surface area is 186 Å². The molecule has 0 aromatic heterocycles. The van der Waals surface area contributed by atoms with Crippen molar-refractivity contribution in [1.29, 1.82) is 0 Å². The minimum Gasteiger partial charge on any atom is -0.444 e. The lowest BCUT2D eigenvalue weighted by atomic mass is 9.97. The Morgan fingerprint density at radius 2 is 1.93 bits per heavy atom. The van der Waals surface area contributed by atoms with Gasteiger partial charge in [0.25, 0.3) is 0 Å². The van der Waals surface area contributed by atoms with Crippen molar-refractivity contribution in [2.75, 3.05) is 26.7 Å². The molecule has 0 atom stereocenters. The minimum absolute atomic E-state index is 0. The highest BCUT2D eigenvalue weighted by Gasteiger charge is 2.26. The van der Waals surface area contributed by atoms with E-state index in [0.717, 1.165) is 45.0 Å².